The quantitative estimate of drug-likeness (QED) is 0.0593. The molecule has 0 saturated heterocycles. The van der Waals surface area contributed by atoms with Crippen LogP contribution >= 0.6 is 0 Å². The molecule has 0 spiro atoms. The summed E-state index contributed by atoms with van der Waals surface area (Å²) in [7, 11) is 0. The Kier molecular flexibility index (Phi) is 36.3. The number of rotatable bonds is 30. The Morgan fingerprint density at radius 2 is 0.531 bits per heavy atom. The number of aromatic nitrogens is 2. The van der Waals surface area contributed by atoms with Gasteiger partial charge < -0.3 is 0 Å². The van der Waals surface area contributed by atoms with E-state index in [1.165, 1.54) is 193 Å². The summed E-state index contributed by atoms with van der Waals surface area (Å²) in [6.45, 7) is 6.94. The van der Waals surface area contributed by atoms with E-state index < -0.39 is 13.6 Å². The third-order valence-corrected chi connectivity index (χ3v) is 9.09. The Bertz CT molecular complexity index is 930. The molecule has 2 aromatic rings. The molecule has 0 unspecified atom stereocenters. The van der Waals surface area contributed by atoms with Crippen LogP contribution in [0, 0.1) is 0 Å². The van der Waals surface area contributed by atoms with Crippen LogP contribution in [-0.4, -0.2) is 0 Å². The van der Waals surface area contributed by atoms with Crippen LogP contribution < -0.4 is 17.5 Å². The van der Waals surface area contributed by atoms with Crippen molar-refractivity contribution in [2.45, 2.75) is 207 Å². The second-order valence-corrected chi connectivity index (χ2v) is 15.1. The Balaban J connectivity index is 0.000000826. The van der Waals surface area contributed by atoms with Gasteiger partial charge in [0.15, 0.2) is 24.8 Å². The monoisotopic (exact) mass is 725 g/mol. The van der Waals surface area contributed by atoms with Crippen LogP contribution in [0.3, 0.4) is 0 Å². The molecule has 0 atom stereocenters. The van der Waals surface area contributed by atoms with Crippen molar-refractivity contribution in [2.75, 3.05) is 0 Å². The van der Waals surface area contributed by atoms with Gasteiger partial charge in [-0.2, -0.15) is 0 Å². The van der Waals surface area contributed by atoms with Crippen molar-refractivity contribution in [3.05, 3.63) is 61.2 Å². The molecule has 0 aliphatic heterocycles. The van der Waals surface area contributed by atoms with Gasteiger partial charge in [0.1, 0.15) is 13.1 Å². The van der Waals surface area contributed by atoms with Crippen molar-refractivity contribution in [1.82, 2.24) is 0 Å². The van der Waals surface area contributed by atoms with Gasteiger partial charge in [0, 0.05) is 37.1 Å². The fourth-order valence-corrected chi connectivity index (χ4v) is 6.14. The summed E-state index contributed by atoms with van der Waals surface area (Å²) in [4.78, 5) is 0. The van der Waals surface area contributed by atoms with E-state index in [9.17, 15) is 0 Å². The Morgan fingerprint density at radius 3 is 0.735 bits per heavy atom. The average molecular weight is 725 g/mol. The second kappa shape index (κ2) is 37.6. The summed E-state index contributed by atoms with van der Waals surface area (Å²) in [5.41, 5.74) is 0. The number of unbranched alkanes of at least 4 members (excludes halogenated alkanes) is 26. The molecular weight excluding hydrogens is 648 g/mol. The molecule has 2 heterocycles. The molecule has 0 bridgehead atoms. The number of aryl methyl sites for hydroxylation is 2. The maximum atomic E-state index is 8.59. The zero-order chi connectivity index (χ0) is 35.9. The summed E-state index contributed by atoms with van der Waals surface area (Å²) in [5, 5.41) is 0. The van der Waals surface area contributed by atoms with E-state index in [0.717, 1.165) is 0 Å². The molecule has 0 amide bonds. The van der Waals surface area contributed by atoms with E-state index in [1.54, 1.807) is 0 Å². The molecule has 2 aromatic heterocycles. The van der Waals surface area contributed by atoms with Gasteiger partial charge >= 0.3 is 29.5 Å². The number of hydrogen-bond donors (Lipinski definition) is 0. The van der Waals surface area contributed by atoms with Crippen LogP contribution in [0.1, 0.15) is 194 Å². The molecule has 0 aliphatic carbocycles. The van der Waals surface area contributed by atoms with E-state index >= 15 is 0 Å². The number of nitrogens with zero attached hydrogens (tertiary/aromatic N) is 2. The molecule has 0 fully saturated rings. The fourth-order valence-electron chi connectivity index (χ4n) is 6.14. The van der Waals surface area contributed by atoms with Crippen LogP contribution in [0.15, 0.2) is 61.2 Å². The Labute approximate surface area is 305 Å². The van der Waals surface area contributed by atoms with Gasteiger partial charge in [-0.25, -0.2) is 9.13 Å². The van der Waals surface area contributed by atoms with E-state index in [4.69, 9.17) is 15.9 Å². The van der Waals surface area contributed by atoms with E-state index in [1.807, 2.05) is 0 Å². The van der Waals surface area contributed by atoms with Crippen LogP contribution in [0.5, 0.6) is 0 Å². The number of hydrogen-bond acceptors (Lipinski definition) is 4. The average Bonchev–Trinajstić information content (AvgIpc) is 3.09. The van der Waals surface area contributed by atoms with Crippen LogP contribution in [0.4, 0.5) is 0 Å². The molecule has 6 nitrogen and oxygen atoms in total. The third-order valence-electron chi connectivity index (χ3n) is 9.09. The molecule has 0 aliphatic rings. The summed E-state index contributed by atoms with van der Waals surface area (Å²) < 4.78 is 39.0. The van der Waals surface area contributed by atoms with E-state index in [-0.39, 0.29) is 0 Å². The minimum absolute atomic E-state index is 1.18. The molecule has 0 radical (unpaired) electrons. The Hall–Kier alpha value is -1.65. The fraction of sp³-hybridized carbons (Fsp3) is 0.762. The predicted molar refractivity (Wildman–Crippen MR) is 195 cm³/mol. The standard InChI is InChI=1S/2C21H38N.Cr.4O/c2*1-2-3-4-5-6-7-8-9-10-11-12-13-14-16-19-22-20-17-15-18-21-22;;;;;/h2*15,17-18,20-21H,2-14,16,19H2,1H3;;;;;/q2*+1;;;;2*-1. The molecule has 0 N–H and O–H groups in total. The van der Waals surface area contributed by atoms with Gasteiger partial charge in [0.25, 0.3) is 0 Å². The first-order valence-electron chi connectivity index (χ1n) is 20.4. The summed E-state index contributed by atoms with van der Waals surface area (Å²) >= 11 is -5.75. The first-order valence-corrected chi connectivity index (χ1v) is 22.5. The van der Waals surface area contributed by atoms with Crippen molar-refractivity contribution < 1.29 is 38.7 Å². The van der Waals surface area contributed by atoms with Crippen molar-refractivity contribution >= 4 is 0 Å². The normalized spacial score (nSPS) is 11.0. The van der Waals surface area contributed by atoms with E-state index in [2.05, 4.69) is 84.2 Å². The van der Waals surface area contributed by atoms with Gasteiger partial charge in [-0.1, -0.05) is 180 Å². The first-order chi connectivity index (χ1) is 23.9. The summed E-state index contributed by atoms with van der Waals surface area (Å²) in [6, 6.07) is 12.6. The van der Waals surface area contributed by atoms with Crippen LogP contribution in [0.25, 0.3) is 0 Å². The van der Waals surface area contributed by atoms with Crippen LogP contribution in [0.2, 0.25) is 0 Å². The minimum atomic E-state index is -5.75. The molecule has 0 saturated carbocycles. The molecule has 49 heavy (non-hydrogen) atoms. The first kappa shape index (κ1) is 47.4. The number of pyridine rings is 2. The SMILES string of the molecule is CCCCCCCCCCCCCCCC[n+]1ccccc1.CCCCCCCCCCCCCCCC[n+]1ccccc1.[O]=[Cr](=[O])([O-])[O-]. The third kappa shape index (κ3) is 42.4. The maximum absolute atomic E-state index is 8.59. The van der Waals surface area contributed by atoms with Gasteiger partial charge in [-0.3, -0.25) is 0 Å². The summed E-state index contributed by atoms with van der Waals surface area (Å²) in [5.74, 6) is 0. The van der Waals surface area contributed by atoms with Gasteiger partial charge in [-0.15, -0.1) is 0 Å². The van der Waals surface area contributed by atoms with Gasteiger partial charge in [0.2, 0.25) is 0 Å². The Morgan fingerprint density at radius 1 is 0.347 bits per heavy atom. The van der Waals surface area contributed by atoms with Crippen molar-refractivity contribution in [1.29, 1.82) is 0 Å². The molecule has 7 heteroatoms. The van der Waals surface area contributed by atoms with Crippen LogP contribution in [-0.2, 0) is 34.3 Å². The van der Waals surface area contributed by atoms with Crippen molar-refractivity contribution in [3.8, 4) is 0 Å². The van der Waals surface area contributed by atoms with Crippen molar-refractivity contribution in [2.24, 2.45) is 0 Å². The van der Waals surface area contributed by atoms with Crippen molar-refractivity contribution in [3.63, 3.8) is 0 Å². The molecule has 2 rings (SSSR count). The predicted octanol–water partition coefficient (Wildman–Crippen LogP) is 10.3. The molecule has 0 aromatic carbocycles. The second-order valence-electron chi connectivity index (χ2n) is 13.8. The van der Waals surface area contributed by atoms with Gasteiger partial charge in [0.05, 0.1) is 0 Å². The topological polar surface area (TPSA) is 88.0 Å². The zero-order valence-electron chi connectivity index (χ0n) is 31.9. The summed E-state index contributed by atoms with van der Waals surface area (Å²) in [6.07, 6.45) is 48.8. The van der Waals surface area contributed by atoms with E-state index in [0.29, 0.717) is 0 Å². The zero-order valence-corrected chi connectivity index (χ0v) is 33.2. The molecule has 284 valence electrons. The van der Waals surface area contributed by atoms with Gasteiger partial charge in [-0.05, 0) is 12.8 Å². The molecular formula is C42H76CrN2O4.